The summed E-state index contributed by atoms with van der Waals surface area (Å²) in [5.74, 6) is 0.392. The number of unbranched alkanes of at least 4 members (excludes halogenated alkanes) is 1. The summed E-state index contributed by atoms with van der Waals surface area (Å²) in [5, 5.41) is 0. The van der Waals surface area contributed by atoms with Crippen LogP contribution in [0.4, 0.5) is 0 Å². The fourth-order valence-electron chi connectivity index (χ4n) is 2.20. The lowest BCUT2D eigenvalue weighted by molar-refractivity contribution is -0.118. The van der Waals surface area contributed by atoms with E-state index in [-0.39, 0.29) is 0 Å². The van der Waals surface area contributed by atoms with Gasteiger partial charge in [0.1, 0.15) is 5.78 Å². The minimum absolute atomic E-state index is 0.392. The Kier molecular flexibility index (Phi) is 3.20. The summed E-state index contributed by atoms with van der Waals surface area (Å²) in [7, 11) is 0. The molecule has 0 atom stereocenters. The molecule has 0 aromatic heterocycles. The molecule has 0 N–H and O–H groups in total. The molecule has 1 heteroatoms. The lowest BCUT2D eigenvalue weighted by atomic mass is 9.89. The predicted molar refractivity (Wildman–Crippen MR) is 62.1 cm³/mol. The molecule has 0 unspecified atom stereocenters. The van der Waals surface area contributed by atoms with Crippen LogP contribution in [0.5, 0.6) is 0 Å². The number of hydrogen-bond acceptors (Lipinski definition) is 1. The molecule has 0 bridgehead atoms. The number of carbonyl (C=O) groups excluding carboxylic acids is 1. The molecule has 0 saturated heterocycles. The molecule has 0 radical (unpaired) electrons. The molecule has 1 aromatic carbocycles. The average Bonchev–Trinajstić information content (AvgIpc) is 2.26. The van der Waals surface area contributed by atoms with Crippen molar-refractivity contribution in [3.63, 3.8) is 0 Å². The van der Waals surface area contributed by atoms with E-state index in [0.29, 0.717) is 12.2 Å². The van der Waals surface area contributed by atoms with E-state index in [1.165, 1.54) is 36.0 Å². The van der Waals surface area contributed by atoms with Crippen molar-refractivity contribution in [2.75, 3.05) is 0 Å². The fraction of sp³-hybridized carbons (Fsp3) is 0.500. The van der Waals surface area contributed by atoms with Crippen LogP contribution < -0.4 is 0 Å². The molecule has 0 saturated carbocycles. The fourth-order valence-corrected chi connectivity index (χ4v) is 2.20. The number of Topliss-reactive ketones (excluding diaryl/α,β-unsaturated/α-hetero) is 1. The van der Waals surface area contributed by atoms with Crippen LogP contribution in [0.15, 0.2) is 18.2 Å². The maximum Gasteiger partial charge on any atom is 0.137 e. The van der Waals surface area contributed by atoms with Crippen molar-refractivity contribution < 1.29 is 4.79 Å². The SMILES string of the molecule is CCCCc1ccc2c(c1)CCC(=O)C2. The van der Waals surface area contributed by atoms with Crippen molar-refractivity contribution in [1.29, 1.82) is 0 Å². The standard InChI is InChI=1S/C14H18O/c1-2-3-4-11-5-6-13-10-14(15)8-7-12(13)9-11/h5-6,9H,2-4,7-8,10H2,1H3. The first-order valence-electron chi connectivity index (χ1n) is 5.92. The van der Waals surface area contributed by atoms with Crippen LogP contribution in [0.2, 0.25) is 0 Å². The molecular formula is C14H18O. The van der Waals surface area contributed by atoms with E-state index < -0.39 is 0 Å². The van der Waals surface area contributed by atoms with E-state index in [0.717, 1.165) is 12.8 Å². The molecule has 15 heavy (non-hydrogen) atoms. The largest absolute Gasteiger partial charge is 0.299 e. The minimum Gasteiger partial charge on any atom is -0.299 e. The van der Waals surface area contributed by atoms with Crippen molar-refractivity contribution in [2.24, 2.45) is 0 Å². The predicted octanol–water partition coefficient (Wildman–Crippen LogP) is 3.09. The molecule has 0 aliphatic heterocycles. The van der Waals surface area contributed by atoms with Gasteiger partial charge in [-0.15, -0.1) is 0 Å². The Morgan fingerprint density at radius 3 is 2.87 bits per heavy atom. The van der Waals surface area contributed by atoms with Crippen molar-refractivity contribution in [3.8, 4) is 0 Å². The van der Waals surface area contributed by atoms with Gasteiger partial charge in [0, 0.05) is 12.8 Å². The first-order chi connectivity index (χ1) is 7.29. The topological polar surface area (TPSA) is 17.1 Å². The number of ketones is 1. The van der Waals surface area contributed by atoms with Gasteiger partial charge in [-0.1, -0.05) is 31.5 Å². The van der Waals surface area contributed by atoms with Gasteiger partial charge < -0.3 is 0 Å². The summed E-state index contributed by atoms with van der Waals surface area (Å²) in [6.45, 7) is 2.22. The number of carbonyl (C=O) groups is 1. The number of fused-ring (bicyclic) bond motifs is 1. The summed E-state index contributed by atoms with van der Waals surface area (Å²) in [6.07, 6.45) is 6.03. The Morgan fingerprint density at radius 2 is 2.07 bits per heavy atom. The zero-order valence-electron chi connectivity index (χ0n) is 9.38. The molecule has 1 aliphatic carbocycles. The Balaban J connectivity index is 2.15. The molecular weight excluding hydrogens is 184 g/mol. The molecule has 1 aromatic rings. The van der Waals surface area contributed by atoms with Gasteiger partial charge in [0.2, 0.25) is 0 Å². The van der Waals surface area contributed by atoms with Gasteiger partial charge in [0.25, 0.3) is 0 Å². The number of benzene rings is 1. The Bertz CT molecular complexity index is 366. The van der Waals surface area contributed by atoms with Gasteiger partial charge in [-0.2, -0.15) is 0 Å². The van der Waals surface area contributed by atoms with Crippen LogP contribution in [-0.2, 0) is 24.1 Å². The van der Waals surface area contributed by atoms with Crippen LogP contribution in [0, 0.1) is 0 Å². The molecule has 80 valence electrons. The minimum atomic E-state index is 0.392. The molecule has 1 nitrogen and oxygen atoms in total. The van der Waals surface area contributed by atoms with Crippen LogP contribution >= 0.6 is 0 Å². The normalized spacial score (nSPS) is 15.1. The van der Waals surface area contributed by atoms with Crippen LogP contribution in [-0.4, -0.2) is 5.78 Å². The van der Waals surface area contributed by atoms with Gasteiger partial charge in [0.05, 0.1) is 0 Å². The zero-order valence-corrected chi connectivity index (χ0v) is 9.38. The van der Waals surface area contributed by atoms with Gasteiger partial charge >= 0.3 is 0 Å². The first kappa shape index (κ1) is 10.4. The van der Waals surface area contributed by atoms with Gasteiger partial charge in [-0.3, -0.25) is 4.79 Å². The highest BCUT2D eigenvalue weighted by Crippen LogP contribution is 2.21. The summed E-state index contributed by atoms with van der Waals surface area (Å²) >= 11 is 0. The highest BCUT2D eigenvalue weighted by molar-refractivity contribution is 5.83. The zero-order chi connectivity index (χ0) is 10.7. The van der Waals surface area contributed by atoms with Crippen LogP contribution in [0.25, 0.3) is 0 Å². The Labute approximate surface area is 91.5 Å². The van der Waals surface area contributed by atoms with Crippen molar-refractivity contribution in [1.82, 2.24) is 0 Å². The average molecular weight is 202 g/mol. The molecule has 1 aliphatic rings. The molecule has 2 rings (SSSR count). The monoisotopic (exact) mass is 202 g/mol. The maximum absolute atomic E-state index is 11.3. The second kappa shape index (κ2) is 4.61. The van der Waals surface area contributed by atoms with Crippen LogP contribution in [0.1, 0.15) is 42.9 Å². The van der Waals surface area contributed by atoms with E-state index in [1.54, 1.807) is 0 Å². The van der Waals surface area contributed by atoms with Gasteiger partial charge in [-0.25, -0.2) is 0 Å². The second-order valence-electron chi connectivity index (χ2n) is 4.42. The third kappa shape index (κ3) is 2.47. The lowest BCUT2D eigenvalue weighted by Gasteiger charge is -2.15. The van der Waals surface area contributed by atoms with Crippen molar-refractivity contribution >= 4 is 5.78 Å². The molecule has 0 amide bonds. The number of hydrogen-bond donors (Lipinski definition) is 0. The van der Waals surface area contributed by atoms with E-state index in [9.17, 15) is 4.79 Å². The quantitative estimate of drug-likeness (QED) is 0.736. The third-order valence-corrected chi connectivity index (χ3v) is 3.15. The van der Waals surface area contributed by atoms with E-state index in [2.05, 4.69) is 25.1 Å². The summed E-state index contributed by atoms with van der Waals surface area (Å²) < 4.78 is 0. The van der Waals surface area contributed by atoms with E-state index in [4.69, 9.17) is 0 Å². The third-order valence-electron chi connectivity index (χ3n) is 3.15. The Hall–Kier alpha value is -1.11. The Morgan fingerprint density at radius 1 is 1.20 bits per heavy atom. The van der Waals surface area contributed by atoms with Gasteiger partial charge in [0.15, 0.2) is 0 Å². The van der Waals surface area contributed by atoms with E-state index in [1.807, 2.05) is 0 Å². The lowest BCUT2D eigenvalue weighted by Crippen LogP contribution is -2.13. The molecule has 0 spiro atoms. The van der Waals surface area contributed by atoms with E-state index >= 15 is 0 Å². The number of aryl methyl sites for hydroxylation is 2. The summed E-state index contributed by atoms with van der Waals surface area (Å²) in [6, 6.07) is 6.64. The first-order valence-corrected chi connectivity index (χ1v) is 5.92. The summed E-state index contributed by atoms with van der Waals surface area (Å²) in [5.41, 5.74) is 4.10. The highest BCUT2D eigenvalue weighted by atomic mass is 16.1. The summed E-state index contributed by atoms with van der Waals surface area (Å²) in [4.78, 5) is 11.3. The smallest absolute Gasteiger partial charge is 0.137 e. The molecule has 0 heterocycles. The molecule has 0 fully saturated rings. The van der Waals surface area contributed by atoms with Crippen molar-refractivity contribution in [2.45, 2.75) is 45.4 Å². The van der Waals surface area contributed by atoms with Crippen LogP contribution in [0.3, 0.4) is 0 Å². The number of rotatable bonds is 3. The maximum atomic E-state index is 11.3. The van der Waals surface area contributed by atoms with Gasteiger partial charge in [-0.05, 0) is 36.0 Å². The van der Waals surface area contributed by atoms with Crippen molar-refractivity contribution in [3.05, 3.63) is 34.9 Å². The second-order valence-corrected chi connectivity index (χ2v) is 4.42. The highest BCUT2D eigenvalue weighted by Gasteiger charge is 2.15.